The maximum atomic E-state index is 12.5. The second-order valence-electron chi connectivity index (χ2n) is 9.32. The van der Waals surface area contributed by atoms with E-state index in [1.807, 2.05) is 13.2 Å². The fourth-order valence-electron chi connectivity index (χ4n) is 3.54. The molecule has 1 aliphatic heterocycles. The Hall–Kier alpha value is -2.94. The van der Waals surface area contributed by atoms with E-state index in [1.165, 1.54) is 22.5 Å². The van der Waals surface area contributed by atoms with Crippen LogP contribution in [0, 0.1) is 12.3 Å². The molecule has 1 aliphatic rings. The van der Waals surface area contributed by atoms with E-state index in [-0.39, 0.29) is 17.8 Å². The largest absolute Gasteiger partial charge is 0.479 e. The molecule has 13 heteroatoms. The number of anilines is 2. The molecule has 0 saturated carbocycles. The molecule has 0 aliphatic carbocycles. The first-order valence-corrected chi connectivity index (χ1v) is 14.1. The van der Waals surface area contributed by atoms with Gasteiger partial charge in [0.2, 0.25) is 11.9 Å². The van der Waals surface area contributed by atoms with Crippen LogP contribution in [0.5, 0.6) is 5.75 Å². The van der Waals surface area contributed by atoms with E-state index in [2.05, 4.69) is 57.4 Å². The van der Waals surface area contributed by atoms with Gasteiger partial charge in [0, 0.05) is 31.1 Å². The SMILES string of the molecule is C#CCOc1cc(-n2nc3n(c2=O)CCCC3)c(Cl)cc1Cl.CCNc1nc(NC(C)(C)C)nc(SC)n1. The Kier molecular flexibility index (Phi) is 10.3. The number of rotatable bonds is 7. The number of terminal acetylenes is 1. The van der Waals surface area contributed by atoms with Crippen molar-refractivity contribution in [3.05, 3.63) is 38.5 Å². The molecule has 10 nitrogen and oxygen atoms in total. The monoisotopic (exact) mass is 578 g/mol. The molecule has 0 fully saturated rings. The summed E-state index contributed by atoms with van der Waals surface area (Å²) in [4.78, 5) is 25.3. The number of benzene rings is 1. The lowest BCUT2D eigenvalue weighted by atomic mass is 10.1. The molecule has 0 unspecified atom stereocenters. The van der Waals surface area contributed by atoms with Crippen LogP contribution in [0.4, 0.5) is 11.9 Å². The Balaban J connectivity index is 0.000000223. The number of aromatic nitrogens is 6. The topological polar surface area (TPSA) is 112 Å². The molecular formula is C25H32Cl2N8O2S. The molecule has 2 N–H and O–H groups in total. The minimum atomic E-state index is -0.207. The highest BCUT2D eigenvalue weighted by molar-refractivity contribution is 7.98. The van der Waals surface area contributed by atoms with Gasteiger partial charge in [-0.05, 0) is 52.9 Å². The van der Waals surface area contributed by atoms with Crippen molar-refractivity contribution in [3.63, 3.8) is 0 Å². The van der Waals surface area contributed by atoms with E-state index >= 15 is 0 Å². The second-order valence-corrected chi connectivity index (χ2v) is 10.9. The first kappa shape index (κ1) is 29.6. The van der Waals surface area contributed by atoms with Crippen molar-refractivity contribution in [1.29, 1.82) is 0 Å². The van der Waals surface area contributed by atoms with Crippen LogP contribution < -0.4 is 21.1 Å². The highest BCUT2D eigenvalue weighted by Crippen LogP contribution is 2.32. The molecule has 204 valence electrons. The van der Waals surface area contributed by atoms with E-state index in [4.69, 9.17) is 34.4 Å². The molecule has 0 spiro atoms. The summed E-state index contributed by atoms with van der Waals surface area (Å²) in [7, 11) is 0. The van der Waals surface area contributed by atoms with Crippen LogP contribution in [0.1, 0.15) is 46.4 Å². The van der Waals surface area contributed by atoms with Crippen molar-refractivity contribution < 1.29 is 4.74 Å². The first-order valence-electron chi connectivity index (χ1n) is 12.1. The Labute approximate surface area is 236 Å². The molecule has 0 amide bonds. The Bertz CT molecular complexity index is 1360. The summed E-state index contributed by atoms with van der Waals surface area (Å²) in [6.07, 6.45) is 9.92. The predicted molar refractivity (Wildman–Crippen MR) is 154 cm³/mol. The molecule has 2 aromatic heterocycles. The summed E-state index contributed by atoms with van der Waals surface area (Å²) in [5.74, 6) is 4.74. The van der Waals surface area contributed by atoms with Gasteiger partial charge in [0.25, 0.3) is 0 Å². The number of thioether (sulfide) groups is 1. The molecule has 1 aromatic carbocycles. The average molecular weight is 580 g/mol. The van der Waals surface area contributed by atoms with Gasteiger partial charge in [-0.1, -0.05) is 40.9 Å². The normalized spacial score (nSPS) is 12.6. The number of aryl methyl sites for hydroxylation is 1. The van der Waals surface area contributed by atoms with Crippen LogP contribution in [0.15, 0.2) is 22.1 Å². The molecule has 0 bridgehead atoms. The number of hydrogen-bond donors (Lipinski definition) is 2. The minimum absolute atomic E-state index is 0.0550. The zero-order valence-electron chi connectivity index (χ0n) is 22.1. The van der Waals surface area contributed by atoms with E-state index in [0.29, 0.717) is 39.9 Å². The molecule has 38 heavy (non-hydrogen) atoms. The highest BCUT2D eigenvalue weighted by atomic mass is 35.5. The van der Waals surface area contributed by atoms with Crippen molar-refractivity contribution in [2.45, 2.75) is 64.2 Å². The summed E-state index contributed by atoms with van der Waals surface area (Å²) in [6, 6.07) is 3.11. The first-order chi connectivity index (χ1) is 18.1. The number of nitrogens with one attached hydrogen (secondary N) is 2. The van der Waals surface area contributed by atoms with Gasteiger partial charge in [0.15, 0.2) is 5.16 Å². The Morgan fingerprint density at radius 2 is 1.89 bits per heavy atom. The number of fused-ring (bicyclic) bond motifs is 1. The van der Waals surface area contributed by atoms with E-state index in [9.17, 15) is 4.79 Å². The fraction of sp³-hybridized carbons (Fsp3) is 0.480. The summed E-state index contributed by atoms with van der Waals surface area (Å²) in [5, 5.41) is 12.1. The minimum Gasteiger partial charge on any atom is -0.479 e. The summed E-state index contributed by atoms with van der Waals surface area (Å²) in [5.41, 5.74) is 0.173. The van der Waals surface area contributed by atoms with E-state index in [0.717, 1.165) is 36.8 Å². The lowest BCUT2D eigenvalue weighted by molar-refractivity contribution is 0.370. The van der Waals surface area contributed by atoms with Gasteiger partial charge in [-0.15, -0.1) is 11.5 Å². The highest BCUT2D eigenvalue weighted by Gasteiger charge is 2.20. The number of nitrogens with zero attached hydrogens (tertiary/aromatic N) is 6. The second kappa shape index (κ2) is 13.2. The lowest BCUT2D eigenvalue weighted by Gasteiger charge is -2.20. The van der Waals surface area contributed by atoms with E-state index < -0.39 is 0 Å². The molecule has 0 atom stereocenters. The third-order valence-electron chi connectivity index (χ3n) is 5.13. The van der Waals surface area contributed by atoms with Crippen molar-refractivity contribution in [3.8, 4) is 23.8 Å². The molecule has 3 aromatic rings. The maximum absolute atomic E-state index is 12.5. The third kappa shape index (κ3) is 7.79. The Morgan fingerprint density at radius 1 is 1.16 bits per heavy atom. The van der Waals surface area contributed by atoms with Gasteiger partial charge in [-0.3, -0.25) is 4.57 Å². The number of halogens is 2. The quantitative estimate of drug-likeness (QED) is 0.298. The molecule has 3 heterocycles. The van der Waals surface area contributed by atoms with Crippen molar-refractivity contribution >= 4 is 46.9 Å². The van der Waals surface area contributed by atoms with Gasteiger partial charge in [0.05, 0.1) is 15.7 Å². The molecule has 0 saturated heterocycles. The summed E-state index contributed by atoms with van der Waals surface area (Å²) in [6.45, 7) is 9.79. The lowest BCUT2D eigenvalue weighted by Crippen LogP contribution is -2.27. The van der Waals surface area contributed by atoms with Crippen molar-refractivity contribution in [1.82, 2.24) is 29.3 Å². The van der Waals surface area contributed by atoms with Crippen LogP contribution >= 0.6 is 35.0 Å². The van der Waals surface area contributed by atoms with Crippen LogP contribution in [0.25, 0.3) is 5.69 Å². The van der Waals surface area contributed by atoms with Gasteiger partial charge < -0.3 is 15.4 Å². The summed E-state index contributed by atoms with van der Waals surface area (Å²) >= 11 is 13.8. The van der Waals surface area contributed by atoms with Gasteiger partial charge in [0.1, 0.15) is 18.2 Å². The smallest absolute Gasteiger partial charge is 0.350 e. The van der Waals surface area contributed by atoms with Crippen LogP contribution in [-0.2, 0) is 13.0 Å². The van der Waals surface area contributed by atoms with Gasteiger partial charge in [-0.2, -0.15) is 19.6 Å². The number of ether oxygens (including phenoxy) is 1. The molecular weight excluding hydrogens is 547 g/mol. The number of hydrogen-bond acceptors (Lipinski definition) is 9. The standard InChI is InChI=1S/C15H13Cl2N3O2.C10H19N5S/c1-2-7-22-13-9-12(10(16)8-11(13)17)20-15(21)19-6-4-3-5-14(19)18-20;1-6-11-7-12-8(15-10(2,3)4)14-9(13-7)16-5/h1,8-9H,3-7H2;6H2,1-5H3,(H2,11,12,13,14,15). The zero-order chi connectivity index (χ0) is 27.9. The summed E-state index contributed by atoms with van der Waals surface area (Å²) < 4.78 is 8.34. The van der Waals surface area contributed by atoms with E-state index in [1.54, 1.807) is 10.6 Å². The molecule has 0 radical (unpaired) electrons. The third-order valence-corrected chi connectivity index (χ3v) is 6.28. The van der Waals surface area contributed by atoms with Crippen LogP contribution in [-0.4, -0.2) is 54.2 Å². The zero-order valence-corrected chi connectivity index (χ0v) is 24.5. The van der Waals surface area contributed by atoms with Crippen molar-refractivity contribution in [2.24, 2.45) is 0 Å². The van der Waals surface area contributed by atoms with Gasteiger partial charge in [-0.25, -0.2) is 4.79 Å². The van der Waals surface area contributed by atoms with Crippen LogP contribution in [0.2, 0.25) is 10.0 Å². The van der Waals surface area contributed by atoms with Gasteiger partial charge >= 0.3 is 5.69 Å². The maximum Gasteiger partial charge on any atom is 0.350 e. The average Bonchev–Trinajstić information content (AvgIpc) is 3.19. The Morgan fingerprint density at radius 3 is 2.53 bits per heavy atom. The van der Waals surface area contributed by atoms with Crippen molar-refractivity contribution in [2.75, 3.05) is 30.0 Å². The molecule has 4 rings (SSSR count). The fourth-order valence-corrected chi connectivity index (χ4v) is 4.42. The predicted octanol–water partition coefficient (Wildman–Crippen LogP) is 4.92. The van der Waals surface area contributed by atoms with Crippen LogP contribution in [0.3, 0.4) is 0 Å².